The van der Waals surface area contributed by atoms with E-state index in [1.807, 2.05) is 48.5 Å². The van der Waals surface area contributed by atoms with Crippen molar-refractivity contribution in [2.75, 3.05) is 14.2 Å². The predicted molar refractivity (Wildman–Crippen MR) is 78.9 cm³/mol. The molecule has 0 heterocycles. The number of rotatable bonds is 4. The summed E-state index contributed by atoms with van der Waals surface area (Å²) in [7, 11) is 3.30. The van der Waals surface area contributed by atoms with E-state index in [0.717, 1.165) is 28.2 Å². The van der Waals surface area contributed by atoms with Crippen molar-refractivity contribution in [1.29, 1.82) is 0 Å². The minimum absolute atomic E-state index is 0.826. The molecule has 0 amide bonds. The van der Waals surface area contributed by atoms with E-state index in [4.69, 9.17) is 21.1 Å². The Hall–Kier alpha value is -1.93. The molecule has 0 radical (unpaired) electrons. The van der Waals surface area contributed by atoms with E-state index in [-0.39, 0.29) is 0 Å². The van der Waals surface area contributed by atoms with Crippen molar-refractivity contribution in [2.24, 2.45) is 0 Å². The predicted octanol–water partition coefficient (Wildman–Crippen LogP) is 4.33. The quantitative estimate of drug-likeness (QED) is 0.826. The van der Waals surface area contributed by atoms with Crippen LogP contribution in [0.1, 0.15) is 11.1 Å². The fourth-order valence-electron chi connectivity index (χ4n) is 1.83. The van der Waals surface area contributed by atoms with Gasteiger partial charge in [0.1, 0.15) is 11.5 Å². The molecule has 3 heteroatoms. The molecule has 0 N–H and O–H groups in total. The van der Waals surface area contributed by atoms with E-state index >= 15 is 0 Å². The molecule has 2 nitrogen and oxygen atoms in total. The second-order valence-electron chi connectivity index (χ2n) is 3.98. The summed E-state index contributed by atoms with van der Waals surface area (Å²) in [6.45, 7) is 0. The number of hydrogen-bond donors (Lipinski definition) is 0. The van der Waals surface area contributed by atoms with Crippen LogP contribution in [0.25, 0.3) is 5.57 Å². The third-order valence-corrected chi connectivity index (χ3v) is 3.13. The molecule has 0 saturated carbocycles. The maximum Gasteiger partial charge on any atom is 0.118 e. The highest BCUT2D eigenvalue weighted by molar-refractivity contribution is 6.29. The van der Waals surface area contributed by atoms with Crippen LogP contribution < -0.4 is 9.47 Å². The van der Waals surface area contributed by atoms with Gasteiger partial charge in [-0.25, -0.2) is 0 Å². The van der Waals surface area contributed by atoms with E-state index < -0.39 is 0 Å². The van der Waals surface area contributed by atoms with Crippen molar-refractivity contribution in [3.8, 4) is 11.5 Å². The summed E-state index contributed by atoms with van der Waals surface area (Å²) >= 11 is 5.96. The van der Waals surface area contributed by atoms with Gasteiger partial charge in [-0.1, -0.05) is 35.9 Å². The zero-order chi connectivity index (χ0) is 13.7. The number of methoxy groups -OCH3 is 2. The lowest BCUT2D eigenvalue weighted by Crippen LogP contribution is -1.89. The van der Waals surface area contributed by atoms with Gasteiger partial charge in [0.15, 0.2) is 0 Å². The van der Waals surface area contributed by atoms with Crippen molar-refractivity contribution >= 4 is 17.2 Å². The first-order valence-electron chi connectivity index (χ1n) is 5.87. The van der Waals surface area contributed by atoms with E-state index in [9.17, 15) is 0 Å². The minimum Gasteiger partial charge on any atom is -0.497 e. The molecule has 0 aromatic heterocycles. The first-order chi connectivity index (χ1) is 9.28. The summed E-state index contributed by atoms with van der Waals surface area (Å²) in [4.78, 5) is 0. The van der Waals surface area contributed by atoms with Gasteiger partial charge in [0, 0.05) is 11.1 Å². The smallest absolute Gasteiger partial charge is 0.118 e. The monoisotopic (exact) mass is 274 g/mol. The lowest BCUT2D eigenvalue weighted by Gasteiger charge is -2.09. The first-order valence-corrected chi connectivity index (χ1v) is 6.31. The van der Waals surface area contributed by atoms with Crippen molar-refractivity contribution in [2.45, 2.75) is 0 Å². The normalized spacial score (nSPS) is 9.84. The summed E-state index contributed by atoms with van der Waals surface area (Å²) in [6, 6.07) is 15.6. The molecular formula is C16H15ClO2. The fraction of sp³-hybridized carbons (Fsp3) is 0.125. The number of ether oxygens (including phenoxy) is 2. The van der Waals surface area contributed by atoms with Gasteiger partial charge in [0.05, 0.1) is 14.2 Å². The van der Waals surface area contributed by atoms with Crippen LogP contribution in [0.5, 0.6) is 11.5 Å². The Bertz CT molecular complexity index is 507. The van der Waals surface area contributed by atoms with E-state index in [0.29, 0.717) is 0 Å². The zero-order valence-electron chi connectivity index (χ0n) is 10.9. The average molecular weight is 275 g/mol. The lowest BCUT2D eigenvalue weighted by atomic mass is 9.99. The van der Waals surface area contributed by atoms with Crippen LogP contribution in [0.3, 0.4) is 0 Å². The van der Waals surface area contributed by atoms with Crippen molar-refractivity contribution in [3.63, 3.8) is 0 Å². The van der Waals surface area contributed by atoms with Gasteiger partial charge in [-0.15, -0.1) is 0 Å². The molecule has 98 valence electrons. The van der Waals surface area contributed by atoms with Crippen LogP contribution in [-0.2, 0) is 0 Å². The topological polar surface area (TPSA) is 18.5 Å². The standard InChI is InChI=1S/C16H15ClO2/c1-18-14-7-3-12(4-8-14)16(11-17)13-5-9-15(19-2)10-6-13/h3-11H,1-2H3. The molecule has 0 fully saturated rings. The Labute approximate surface area is 118 Å². The Balaban J connectivity index is 2.32. The van der Waals surface area contributed by atoms with Gasteiger partial charge in [0.25, 0.3) is 0 Å². The molecule has 0 aliphatic carbocycles. The first kappa shape index (κ1) is 13.5. The molecule has 0 aliphatic rings. The third kappa shape index (κ3) is 3.09. The van der Waals surface area contributed by atoms with Gasteiger partial charge in [-0.2, -0.15) is 0 Å². The second-order valence-corrected chi connectivity index (χ2v) is 4.20. The average Bonchev–Trinajstić information content (AvgIpc) is 2.49. The molecule has 2 aromatic carbocycles. The Morgan fingerprint density at radius 1 is 0.789 bits per heavy atom. The van der Waals surface area contributed by atoms with E-state index in [1.54, 1.807) is 19.8 Å². The SMILES string of the molecule is COc1ccc(C(=CCl)c2ccc(OC)cc2)cc1. The second kappa shape index (κ2) is 6.30. The van der Waals surface area contributed by atoms with Crippen molar-refractivity contribution < 1.29 is 9.47 Å². The number of halogens is 1. The minimum atomic E-state index is 0.826. The summed E-state index contributed by atoms with van der Waals surface area (Å²) < 4.78 is 10.3. The summed E-state index contributed by atoms with van der Waals surface area (Å²) in [5, 5.41) is 0. The van der Waals surface area contributed by atoms with Crippen LogP contribution in [0.4, 0.5) is 0 Å². The molecule has 0 spiro atoms. The van der Waals surface area contributed by atoms with Gasteiger partial charge in [0.2, 0.25) is 0 Å². The highest BCUT2D eigenvalue weighted by atomic mass is 35.5. The number of benzene rings is 2. The van der Waals surface area contributed by atoms with Crippen molar-refractivity contribution in [3.05, 3.63) is 65.2 Å². The highest BCUT2D eigenvalue weighted by Gasteiger charge is 2.05. The summed E-state index contributed by atoms with van der Waals surface area (Å²) in [5.41, 5.74) is 4.64. The van der Waals surface area contributed by atoms with Gasteiger partial charge in [-0.3, -0.25) is 0 Å². The van der Waals surface area contributed by atoms with E-state index in [2.05, 4.69) is 0 Å². The summed E-state index contributed by atoms with van der Waals surface area (Å²) in [5.74, 6) is 1.65. The molecule has 2 aromatic rings. The molecule has 0 atom stereocenters. The zero-order valence-corrected chi connectivity index (χ0v) is 11.6. The summed E-state index contributed by atoms with van der Waals surface area (Å²) in [6.07, 6.45) is 0. The maximum absolute atomic E-state index is 5.96. The molecule has 19 heavy (non-hydrogen) atoms. The highest BCUT2D eigenvalue weighted by Crippen LogP contribution is 2.27. The fourth-order valence-corrected chi connectivity index (χ4v) is 2.09. The Kier molecular flexibility index (Phi) is 4.48. The van der Waals surface area contributed by atoms with Gasteiger partial charge < -0.3 is 9.47 Å². The van der Waals surface area contributed by atoms with Gasteiger partial charge >= 0.3 is 0 Å². The van der Waals surface area contributed by atoms with Gasteiger partial charge in [-0.05, 0) is 35.4 Å². The largest absolute Gasteiger partial charge is 0.497 e. The van der Waals surface area contributed by atoms with E-state index in [1.165, 1.54) is 0 Å². The Morgan fingerprint density at radius 3 is 1.42 bits per heavy atom. The Morgan fingerprint density at radius 2 is 1.16 bits per heavy atom. The molecule has 0 bridgehead atoms. The van der Waals surface area contributed by atoms with Crippen LogP contribution in [0, 0.1) is 0 Å². The van der Waals surface area contributed by atoms with Crippen LogP contribution in [-0.4, -0.2) is 14.2 Å². The molecular weight excluding hydrogens is 260 g/mol. The lowest BCUT2D eigenvalue weighted by molar-refractivity contribution is 0.414. The third-order valence-electron chi connectivity index (χ3n) is 2.91. The molecule has 0 aliphatic heterocycles. The van der Waals surface area contributed by atoms with Crippen LogP contribution >= 0.6 is 11.6 Å². The molecule has 0 unspecified atom stereocenters. The van der Waals surface area contributed by atoms with Crippen LogP contribution in [0.15, 0.2) is 54.1 Å². The van der Waals surface area contributed by atoms with Crippen LogP contribution in [0.2, 0.25) is 0 Å². The maximum atomic E-state index is 5.96. The molecule has 0 saturated heterocycles. The number of hydrogen-bond acceptors (Lipinski definition) is 2. The molecule has 2 rings (SSSR count). The van der Waals surface area contributed by atoms with Crippen molar-refractivity contribution in [1.82, 2.24) is 0 Å².